The van der Waals surface area contributed by atoms with Crippen LogP contribution in [-0.4, -0.2) is 0 Å². The molecule has 5 radical (unpaired) electrons. The van der Waals surface area contributed by atoms with Gasteiger partial charge in [0.2, 0.25) is 0 Å². The van der Waals surface area contributed by atoms with Gasteiger partial charge in [-0.2, -0.15) is 0 Å². The fourth-order valence-electron chi connectivity index (χ4n) is 4.06. The lowest BCUT2D eigenvalue weighted by Gasteiger charge is -2.42. The van der Waals surface area contributed by atoms with E-state index in [-0.39, 0.29) is 0 Å². The van der Waals surface area contributed by atoms with Crippen molar-refractivity contribution in [1.29, 1.82) is 0 Å². The molecule has 0 nitrogen and oxygen atoms in total. The standard InChI is InChI=1S/C19H25/c1-13(2)16-10-8-14(3)12-19(16)18-11-9-15-6-4-5-7-17(15)18/h4-7,9,11,13-14,16,19H,8,10,12H2,1-3H3/t14-,16+,19+/m1/s1. The van der Waals surface area contributed by atoms with Crippen LogP contribution in [0.3, 0.4) is 0 Å². The summed E-state index contributed by atoms with van der Waals surface area (Å²) in [4.78, 5) is 0. The van der Waals surface area contributed by atoms with Crippen molar-refractivity contribution >= 4 is 0 Å². The van der Waals surface area contributed by atoms with Gasteiger partial charge in [-0.1, -0.05) is 51.5 Å². The molecule has 0 heterocycles. The molecule has 3 atom stereocenters. The first-order valence-corrected chi connectivity index (χ1v) is 7.81. The summed E-state index contributed by atoms with van der Waals surface area (Å²) in [5.74, 6) is 7.83. The van der Waals surface area contributed by atoms with Crippen LogP contribution >= 0.6 is 0 Å². The molecule has 0 bridgehead atoms. The van der Waals surface area contributed by atoms with Crippen molar-refractivity contribution in [2.75, 3.05) is 0 Å². The average Bonchev–Trinajstić information content (AvgIpc) is 2.82. The Morgan fingerprint density at radius 1 is 1.05 bits per heavy atom. The minimum Gasteiger partial charge on any atom is -0.0762 e. The highest BCUT2D eigenvalue weighted by Gasteiger charge is 2.44. The van der Waals surface area contributed by atoms with Crippen molar-refractivity contribution in [3.8, 4) is 0 Å². The zero-order chi connectivity index (χ0) is 13.4. The Kier molecular flexibility index (Phi) is 3.87. The summed E-state index contributed by atoms with van der Waals surface area (Å²) in [7, 11) is 0. The van der Waals surface area contributed by atoms with Crippen LogP contribution in [0.15, 0.2) is 24.3 Å². The van der Waals surface area contributed by atoms with Crippen molar-refractivity contribution in [2.45, 2.75) is 40.0 Å². The van der Waals surface area contributed by atoms with Gasteiger partial charge in [0.1, 0.15) is 0 Å². The van der Waals surface area contributed by atoms with Crippen LogP contribution in [0.2, 0.25) is 0 Å². The quantitative estimate of drug-likeness (QED) is 0.652. The van der Waals surface area contributed by atoms with Crippen LogP contribution in [0.4, 0.5) is 0 Å². The van der Waals surface area contributed by atoms with Gasteiger partial charge in [0.05, 0.1) is 0 Å². The molecule has 3 rings (SSSR count). The van der Waals surface area contributed by atoms with E-state index in [9.17, 15) is 0 Å². The number of hydrogen-bond acceptors (Lipinski definition) is 0. The Morgan fingerprint density at radius 2 is 1.84 bits per heavy atom. The smallest absolute Gasteiger partial charge is 0.0161 e. The highest BCUT2D eigenvalue weighted by atomic mass is 14.5. The third kappa shape index (κ3) is 2.56. The lowest BCUT2D eigenvalue weighted by molar-refractivity contribution is 0.158. The zero-order valence-corrected chi connectivity index (χ0v) is 12.4. The van der Waals surface area contributed by atoms with Gasteiger partial charge < -0.3 is 0 Å². The van der Waals surface area contributed by atoms with Crippen molar-refractivity contribution in [3.05, 3.63) is 54.9 Å². The van der Waals surface area contributed by atoms with Gasteiger partial charge in [-0.15, -0.1) is 0 Å². The molecule has 3 aliphatic rings. The van der Waals surface area contributed by atoms with Crippen LogP contribution in [0.5, 0.6) is 0 Å². The van der Waals surface area contributed by atoms with E-state index < -0.39 is 0 Å². The maximum atomic E-state index is 2.43. The van der Waals surface area contributed by atoms with Crippen LogP contribution in [0.1, 0.15) is 40.0 Å². The van der Waals surface area contributed by atoms with E-state index >= 15 is 0 Å². The van der Waals surface area contributed by atoms with E-state index in [0.29, 0.717) is 0 Å². The van der Waals surface area contributed by atoms with Crippen LogP contribution < -0.4 is 0 Å². The first kappa shape index (κ1) is 13.5. The average molecular weight is 253 g/mol. The van der Waals surface area contributed by atoms with Gasteiger partial charge in [-0.05, 0) is 55.3 Å². The Bertz CT molecular complexity index is 362. The first-order valence-electron chi connectivity index (χ1n) is 7.81. The minimum atomic E-state index is 0.767. The molecule has 0 aromatic heterocycles. The van der Waals surface area contributed by atoms with Gasteiger partial charge >= 0.3 is 0 Å². The minimum absolute atomic E-state index is 0.767. The third-order valence-electron chi connectivity index (χ3n) is 5.14. The van der Waals surface area contributed by atoms with Gasteiger partial charge in [-0.25, -0.2) is 0 Å². The highest BCUT2D eigenvalue weighted by molar-refractivity contribution is 5.62. The van der Waals surface area contributed by atoms with Crippen molar-refractivity contribution < 1.29 is 0 Å². The van der Waals surface area contributed by atoms with Crippen molar-refractivity contribution in [1.82, 2.24) is 0 Å². The molecule has 0 unspecified atom stereocenters. The highest BCUT2D eigenvalue weighted by Crippen LogP contribution is 2.54. The number of rotatable bonds is 2. The molecule has 0 spiro atoms. The summed E-state index contributed by atoms with van der Waals surface area (Å²) < 4.78 is 0. The summed E-state index contributed by atoms with van der Waals surface area (Å²) in [6.45, 7) is 7.23. The zero-order valence-electron chi connectivity index (χ0n) is 12.4. The largest absolute Gasteiger partial charge is 0.0762 e. The Labute approximate surface area is 119 Å². The second-order valence-corrected chi connectivity index (χ2v) is 6.81. The summed E-state index contributed by atoms with van der Waals surface area (Å²) >= 11 is 0. The van der Waals surface area contributed by atoms with Crippen molar-refractivity contribution in [3.63, 3.8) is 0 Å². The topological polar surface area (TPSA) is 0 Å². The lowest BCUT2D eigenvalue weighted by atomic mass is 9.63. The molecular formula is C19H25. The predicted molar refractivity (Wildman–Crippen MR) is 81.4 cm³/mol. The fourth-order valence-corrected chi connectivity index (χ4v) is 4.06. The van der Waals surface area contributed by atoms with Crippen LogP contribution in [-0.2, 0) is 0 Å². The molecule has 0 aliphatic heterocycles. The second-order valence-electron chi connectivity index (χ2n) is 6.81. The molecule has 2 fully saturated rings. The first-order chi connectivity index (χ1) is 9.16. The Morgan fingerprint density at radius 3 is 2.63 bits per heavy atom. The molecule has 0 heteroatoms. The molecule has 0 saturated heterocycles. The van der Waals surface area contributed by atoms with Crippen LogP contribution in [0.25, 0.3) is 0 Å². The summed E-state index contributed by atoms with van der Waals surface area (Å²) in [5, 5.41) is 0. The van der Waals surface area contributed by atoms with E-state index in [1.165, 1.54) is 31.1 Å². The van der Waals surface area contributed by atoms with Gasteiger partial charge in [0.25, 0.3) is 0 Å². The van der Waals surface area contributed by atoms with E-state index in [4.69, 9.17) is 0 Å². The van der Waals surface area contributed by atoms with E-state index in [0.717, 1.165) is 23.7 Å². The molecule has 0 amide bonds. The number of fused-ring (bicyclic) bond motifs is 1. The number of allylic oxidation sites excluding steroid dienone is 4. The molecule has 0 aromatic rings. The van der Waals surface area contributed by atoms with Gasteiger partial charge in [-0.3, -0.25) is 0 Å². The van der Waals surface area contributed by atoms with E-state index in [1.807, 2.05) is 0 Å². The van der Waals surface area contributed by atoms with E-state index in [2.05, 4.69) is 57.9 Å². The molecular weight excluding hydrogens is 228 g/mol. The van der Waals surface area contributed by atoms with E-state index in [1.54, 1.807) is 5.92 Å². The van der Waals surface area contributed by atoms with Gasteiger partial charge in [0.15, 0.2) is 0 Å². The molecule has 0 N–H and O–H groups in total. The SMILES string of the molecule is CC(C)[C@@H]1CC[C@@H](C)C[C@@H]1[C]1[CH][CH][C]2C=CC=C[C]21. The lowest BCUT2D eigenvalue weighted by Crippen LogP contribution is -2.33. The van der Waals surface area contributed by atoms with Gasteiger partial charge in [0, 0.05) is 11.8 Å². The monoisotopic (exact) mass is 253 g/mol. The molecule has 101 valence electrons. The molecule has 3 aliphatic carbocycles. The maximum Gasteiger partial charge on any atom is 0.0161 e. The Hall–Kier alpha value is -0.520. The predicted octanol–water partition coefficient (Wildman–Crippen LogP) is 4.97. The fraction of sp³-hybridized carbons (Fsp3) is 0.526. The summed E-state index contributed by atoms with van der Waals surface area (Å²) in [5.41, 5.74) is 0. The third-order valence-corrected chi connectivity index (χ3v) is 5.14. The molecule has 0 aromatic carbocycles. The van der Waals surface area contributed by atoms with Crippen molar-refractivity contribution in [2.24, 2.45) is 23.7 Å². The maximum absolute atomic E-state index is 2.43. The molecule has 19 heavy (non-hydrogen) atoms. The number of hydrogen-bond donors (Lipinski definition) is 0. The molecule has 2 saturated carbocycles. The van der Waals surface area contributed by atoms with Crippen LogP contribution in [0, 0.1) is 54.3 Å². The summed E-state index contributed by atoms with van der Waals surface area (Å²) in [6.07, 6.45) is 17.8. The Balaban J connectivity index is 1.78. The second kappa shape index (κ2) is 5.46. The summed E-state index contributed by atoms with van der Waals surface area (Å²) in [6, 6.07) is 0. The normalized spacial score (nSPS) is 37.2.